The maximum Gasteiger partial charge on any atom is 0.326 e. The number of aromatic amines is 1. The number of carbonyl (C=O) groups excluding carboxylic acids is 2. The van der Waals surface area contributed by atoms with Crippen LogP contribution < -0.4 is 27.8 Å². The van der Waals surface area contributed by atoms with Crippen molar-refractivity contribution < 1.29 is 29.4 Å². The van der Waals surface area contributed by atoms with Gasteiger partial charge in [-0.15, -0.1) is 0 Å². The van der Waals surface area contributed by atoms with Crippen molar-refractivity contribution in [2.45, 2.75) is 63.6 Å². The number of nitrogens with one attached hydrogen (secondary N) is 3. The van der Waals surface area contributed by atoms with Crippen molar-refractivity contribution in [2.75, 3.05) is 13.1 Å². The Kier molecular flexibility index (Phi) is 13.8. The zero-order chi connectivity index (χ0) is 27.1. The molecule has 0 aliphatic carbocycles. The van der Waals surface area contributed by atoms with Gasteiger partial charge in [-0.2, -0.15) is 0 Å². The van der Waals surface area contributed by atoms with Gasteiger partial charge in [-0.1, -0.05) is 24.6 Å². The topological polar surface area (TPSA) is 227 Å². The van der Waals surface area contributed by atoms with E-state index in [2.05, 4.69) is 15.6 Å². The summed E-state index contributed by atoms with van der Waals surface area (Å²) < 4.78 is 0. The van der Waals surface area contributed by atoms with Crippen LogP contribution in [0.5, 0.6) is 0 Å². The first-order valence-electron chi connectivity index (χ1n) is 11.9. The van der Waals surface area contributed by atoms with Gasteiger partial charge in [-0.3, -0.25) is 14.4 Å². The quantitative estimate of drug-likeness (QED) is 0.167. The van der Waals surface area contributed by atoms with Crippen molar-refractivity contribution in [3.63, 3.8) is 0 Å². The maximum absolute atomic E-state index is 13.2. The average Bonchev–Trinajstić information content (AvgIpc) is 3.25. The first-order valence-corrected chi connectivity index (χ1v) is 11.9. The van der Waals surface area contributed by atoms with Gasteiger partial charge in [0.25, 0.3) is 5.97 Å². The SMILES string of the molecule is CC(=O)O.NCCCCC(N)C(=O)NC(C(=O)NC(CCCCN)C(=O)O)c1c[nH]c2ccccc12. The highest BCUT2D eigenvalue weighted by atomic mass is 16.4. The number of carbonyl (C=O) groups is 4. The van der Waals surface area contributed by atoms with E-state index in [1.165, 1.54) is 0 Å². The number of rotatable bonds is 14. The van der Waals surface area contributed by atoms with Crippen molar-refractivity contribution in [1.82, 2.24) is 15.6 Å². The number of para-hydroxylation sites is 1. The molecule has 11 N–H and O–H groups in total. The summed E-state index contributed by atoms with van der Waals surface area (Å²) in [5.74, 6) is -3.07. The molecule has 2 amide bonds. The lowest BCUT2D eigenvalue weighted by molar-refractivity contribution is -0.142. The van der Waals surface area contributed by atoms with Gasteiger partial charge in [0.05, 0.1) is 6.04 Å². The molecular weight excluding hydrogens is 468 g/mol. The summed E-state index contributed by atoms with van der Waals surface area (Å²) in [4.78, 5) is 49.6. The Morgan fingerprint density at radius 2 is 1.50 bits per heavy atom. The third-order valence-corrected chi connectivity index (χ3v) is 5.35. The summed E-state index contributed by atoms with van der Waals surface area (Å²) in [7, 11) is 0. The van der Waals surface area contributed by atoms with Crippen LogP contribution in [-0.2, 0) is 19.2 Å². The van der Waals surface area contributed by atoms with Gasteiger partial charge in [0.15, 0.2) is 0 Å². The van der Waals surface area contributed by atoms with Crippen LogP contribution in [0, 0.1) is 0 Å². The second-order valence-corrected chi connectivity index (χ2v) is 8.33. The number of hydrogen-bond donors (Lipinski definition) is 8. The second-order valence-electron chi connectivity index (χ2n) is 8.33. The van der Waals surface area contributed by atoms with Crippen LogP contribution in [0.3, 0.4) is 0 Å². The van der Waals surface area contributed by atoms with Gasteiger partial charge in [0.1, 0.15) is 12.1 Å². The lowest BCUT2D eigenvalue weighted by Crippen LogP contribution is -2.50. The van der Waals surface area contributed by atoms with Crippen molar-refractivity contribution in [3.05, 3.63) is 36.0 Å². The highest BCUT2D eigenvalue weighted by Crippen LogP contribution is 2.25. The summed E-state index contributed by atoms with van der Waals surface area (Å²) in [5.41, 5.74) is 18.3. The Balaban J connectivity index is 0.00000150. The minimum Gasteiger partial charge on any atom is -0.481 e. The number of nitrogens with two attached hydrogens (primary N) is 3. The van der Waals surface area contributed by atoms with Crippen molar-refractivity contribution in [3.8, 4) is 0 Å². The number of carboxylic acids is 2. The minimum absolute atomic E-state index is 0.241. The van der Waals surface area contributed by atoms with Gasteiger partial charge in [0, 0.05) is 29.6 Å². The van der Waals surface area contributed by atoms with Crippen molar-refractivity contribution in [2.24, 2.45) is 17.2 Å². The Bertz CT molecular complexity index is 990. The first-order chi connectivity index (χ1) is 17.1. The van der Waals surface area contributed by atoms with E-state index in [4.69, 9.17) is 27.1 Å². The fraction of sp³-hybridized carbons (Fsp3) is 0.500. The number of hydrogen-bond acceptors (Lipinski definition) is 7. The summed E-state index contributed by atoms with van der Waals surface area (Å²) in [6.07, 6.45) is 4.96. The molecule has 200 valence electrons. The van der Waals surface area contributed by atoms with E-state index in [-0.39, 0.29) is 6.42 Å². The van der Waals surface area contributed by atoms with Gasteiger partial charge < -0.3 is 43.0 Å². The summed E-state index contributed by atoms with van der Waals surface area (Å²) in [5, 5.41) is 23.0. The predicted molar refractivity (Wildman–Crippen MR) is 136 cm³/mol. The molecule has 12 nitrogen and oxygen atoms in total. The van der Waals surface area contributed by atoms with Gasteiger partial charge in [-0.25, -0.2) is 4.79 Å². The number of carboxylic acid groups (broad SMARTS) is 2. The monoisotopic (exact) mass is 506 g/mol. The molecule has 0 fully saturated rings. The number of aromatic nitrogens is 1. The minimum atomic E-state index is -1.14. The normalized spacial score (nSPS) is 13.1. The van der Waals surface area contributed by atoms with Crippen LogP contribution in [0.2, 0.25) is 0 Å². The zero-order valence-electron chi connectivity index (χ0n) is 20.5. The Hall–Kier alpha value is -3.48. The molecular formula is C24H38N6O6. The number of aliphatic carboxylic acids is 2. The zero-order valence-corrected chi connectivity index (χ0v) is 20.5. The Labute approximate surface area is 210 Å². The van der Waals surface area contributed by atoms with Gasteiger partial charge in [-0.05, 0) is 51.3 Å². The number of unbranched alkanes of at least 4 members (excludes halogenated alkanes) is 2. The molecule has 0 saturated carbocycles. The largest absolute Gasteiger partial charge is 0.481 e. The van der Waals surface area contributed by atoms with Crippen LogP contribution in [0.25, 0.3) is 10.9 Å². The predicted octanol–water partition coefficient (Wildman–Crippen LogP) is 0.571. The van der Waals surface area contributed by atoms with Crippen LogP contribution >= 0.6 is 0 Å². The third kappa shape index (κ3) is 10.4. The summed E-state index contributed by atoms with van der Waals surface area (Å²) >= 11 is 0. The summed E-state index contributed by atoms with van der Waals surface area (Å²) in [6, 6.07) is 4.35. The molecule has 0 bridgehead atoms. The van der Waals surface area contributed by atoms with E-state index in [9.17, 15) is 19.5 Å². The standard InChI is InChI=1S/C22H34N6O4.C2H4O2/c23-11-5-3-8-16(25)20(29)28-19(15-13-26-17-9-2-1-7-14(15)17)21(30)27-18(22(31)32)10-4-6-12-24;1-2(3)4/h1-2,7,9,13,16,18-19,26H,3-6,8,10-12,23-25H2,(H,27,30)(H,28,29)(H,31,32);1H3,(H,3,4). The molecule has 3 unspecified atom stereocenters. The number of amides is 2. The van der Waals surface area contributed by atoms with Crippen molar-refractivity contribution >= 4 is 34.7 Å². The van der Waals surface area contributed by atoms with Gasteiger partial charge >= 0.3 is 5.97 Å². The van der Waals surface area contributed by atoms with E-state index in [0.717, 1.165) is 24.2 Å². The van der Waals surface area contributed by atoms with E-state index in [1.807, 2.05) is 24.3 Å². The number of benzene rings is 1. The molecule has 1 aromatic carbocycles. The third-order valence-electron chi connectivity index (χ3n) is 5.35. The fourth-order valence-electron chi connectivity index (χ4n) is 3.51. The number of fused-ring (bicyclic) bond motifs is 1. The van der Waals surface area contributed by atoms with Crippen LogP contribution in [0.4, 0.5) is 0 Å². The molecule has 1 aromatic heterocycles. The van der Waals surface area contributed by atoms with E-state index in [1.54, 1.807) is 6.20 Å². The smallest absolute Gasteiger partial charge is 0.326 e. The van der Waals surface area contributed by atoms with E-state index >= 15 is 0 Å². The molecule has 3 atom stereocenters. The highest BCUT2D eigenvalue weighted by molar-refractivity contribution is 5.96. The summed E-state index contributed by atoms with van der Waals surface area (Å²) in [6.45, 7) is 2.03. The molecule has 2 aromatic rings. The van der Waals surface area contributed by atoms with E-state index in [0.29, 0.717) is 44.3 Å². The molecule has 0 saturated heterocycles. The molecule has 0 radical (unpaired) electrons. The van der Waals surface area contributed by atoms with E-state index < -0.39 is 41.9 Å². The molecule has 12 heteroatoms. The molecule has 2 rings (SSSR count). The van der Waals surface area contributed by atoms with Crippen molar-refractivity contribution in [1.29, 1.82) is 0 Å². The Morgan fingerprint density at radius 3 is 2.08 bits per heavy atom. The maximum atomic E-state index is 13.2. The lowest BCUT2D eigenvalue weighted by Gasteiger charge is -2.23. The Morgan fingerprint density at radius 1 is 0.917 bits per heavy atom. The van der Waals surface area contributed by atoms with Crippen LogP contribution in [0.1, 0.15) is 57.1 Å². The molecule has 36 heavy (non-hydrogen) atoms. The first kappa shape index (κ1) is 30.6. The van der Waals surface area contributed by atoms with Gasteiger partial charge in [0.2, 0.25) is 11.8 Å². The molecule has 0 spiro atoms. The van der Waals surface area contributed by atoms with Crippen LogP contribution in [0.15, 0.2) is 30.5 Å². The number of H-pyrrole nitrogens is 1. The molecule has 0 aliphatic heterocycles. The molecule has 1 heterocycles. The average molecular weight is 507 g/mol. The highest BCUT2D eigenvalue weighted by Gasteiger charge is 2.30. The lowest BCUT2D eigenvalue weighted by atomic mass is 10.0. The second kappa shape index (κ2) is 16.2. The fourth-order valence-corrected chi connectivity index (χ4v) is 3.51. The molecule has 0 aliphatic rings. The van der Waals surface area contributed by atoms with Crippen LogP contribution in [-0.4, -0.2) is 64.1 Å².